The smallest absolute Gasteiger partial charge is 0.374 e. The molecule has 0 spiro atoms. The fourth-order valence-corrected chi connectivity index (χ4v) is 5.32. The predicted molar refractivity (Wildman–Crippen MR) is 89.3 cm³/mol. The zero-order chi connectivity index (χ0) is 18.9. The van der Waals surface area contributed by atoms with Crippen LogP contribution in [0.2, 0.25) is 6.04 Å². The second kappa shape index (κ2) is 10.9. The molecule has 0 N–H and O–H groups in total. The monoisotopic (exact) mass is 382 g/mol. The highest BCUT2D eigenvalue weighted by Gasteiger charge is 2.39. The van der Waals surface area contributed by atoms with Crippen LogP contribution in [0.15, 0.2) is 6.07 Å². The average Bonchev–Trinajstić information content (AvgIpc) is 2.58. The topological polar surface area (TPSA) is 27.7 Å². The molecule has 0 aliphatic rings. The van der Waals surface area contributed by atoms with Crippen molar-refractivity contribution in [3.63, 3.8) is 0 Å². The third-order valence-corrected chi connectivity index (χ3v) is 6.85. The Labute approximate surface area is 147 Å². The molecule has 0 heterocycles. The van der Waals surface area contributed by atoms with Gasteiger partial charge in [-0.25, -0.2) is 17.6 Å². The van der Waals surface area contributed by atoms with Crippen molar-refractivity contribution < 1.29 is 30.8 Å². The molecule has 1 rings (SSSR count). The van der Waals surface area contributed by atoms with Gasteiger partial charge in [-0.2, -0.15) is 0 Å². The summed E-state index contributed by atoms with van der Waals surface area (Å²) >= 11 is 0. The van der Waals surface area contributed by atoms with E-state index in [9.17, 15) is 17.6 Å². The van der Waals surface area contributed by atoms with E-state index in [4.69, 9.17) is 13.3 Å². The van der Waals surface area contributed by atoms with Gasteiger partial charge in [-0.05, 0) is 51.7 Å². The molecule has 0 fully saturated rings. The number of hydrogen-bond donors (Lipinski definition) is 0. The SMILES string of the molecule is CCO[Si](CCCCCc1cc(F)c(F)c(F)c1F)(OCC)OCC. The minimum atomic E-state index is -2.70. The van der Waals surface area contributed by atoms with Crippen molar-refractivity contribution in [2.24, 2.45) is 0 Å². The summed E-state index contributed by atoms with van der Waals surface area (Å²) in [6, 6.07) is 1.34. The minimum absolute atomic E-state index is 0.131. The van der Waals surface area contributed by atoms with Crippen molar-refractivity contribution in [3.05, 3.63) is 34.9 Å². The zero-order valence-corrected chi connectivity index (χ0v) is 16.0. The van der Waals surface area contributed by atoms with E-state index in [0.717, 1.165) is 6.42 Å². The van der Waals surface area contributed by atoms with Crippen molar-refractivity contribution >= 4 is 8.80 Å². The van der Waals surface area contributed by atoms with Crippen LogP contribution in [0, 0.1) is 23.3 Å². The number of hydrogen-bond acceptors (Lipinski definition) is 3. The highest BCUT2D eigenvalue weighted by atomic mass is 28.4. The van der Waals surface area contributed by atoms with Crippen molar-refractivity contribution in [1.82, 2.24) is 0 Å². The molecule has 0 radical (unpaired) electrons. The van der Waals surface area contributed by atoms with Gasteiger partial charge < -0.3 is 13.3 Å². The molecule has 25 heavy (non-hydrogen) atoms. The Balaban J connectivity index is 2.54. The van der Waals surface area contributed by atoms with Crippen molar-refractivity contribution in [2.75, 3.05) is 19.8 Å². The van der Waals surface area contributed by atoms with Crippen LogP contribution in [0.3, 0.4) is 0 Å². The van der Waals surface area contributed by atoms with Gasteiger partial charge in [-0.1, -0.05) is 6.42 Å². The molecule has 1 aromatic carbocycles. The molecule has 0 saturated heterocycles. The first-order chi connectivity index (χ1) is 11.9. The molecule has 3 nitrogen and oxygen atoms in total. The lowest BCUT2D eigenvalue weighted by Gasteiger charge is -2.28. The number of unbranched alkanes of at least 4 members (excludes halogenated alkanes) is 2. The fraction of sp³-hybridized carbons (Fsp3) is 0.647. The van der Waals surface area contributed by atoms with Gasteiger partial charge in [0.1, 0.15) is 0 Å². The second-order valence-corrected chi connectivity index (χ2v) is 8.23. The summed E-state index contributed by atoms with van der Waals surface area (Å²) in [7, 11) is -2.70. The highest BCUT2D eigenvalue weighted by molar-refractivity contribution is 6.60. The molecule has 0 aromatic heterocycles. The van der Waals surface area contributed by atoms with Crippen LogP contribution < -0.4 is 0 Å². The van der Waals surface area contributed by atoms with Gasteiger partial charge in [0.05, 0.1) is 0 Å². The minimum Gasteiger partial charge on any atom is -0.374 e. The molecule has 8 heteroatoms. The summed E-state index contributed by atoms with van der Waals surface area (Å²) in [5.41, 5.74) is -0.153. The summed E-state index contributed by atoms with van der Waals surface area (Å²) in [6.45, 7) is 7.10. The van der Waals surface area contributed by atoms with Crippen LogP contribution >= 0.6 is 0 Å². The largest absolute Gasteiger partial charge is 0.500 e. The quantitative estimate of drug-likeness (QED) is 0.167. The second-order valence-electron chi connectivity index (χ2n) is 5.50. The fourth-order valence-electron chi connectivity index (χ4n) is 2.64. The maximum absolute atomic E-state index is 13.6. The summed E-state index contributed by atoms with van der Waals surface area (Å²) in [4.78, 5) is 0. The number of aryl methyl sites for hydroxylation is 1. The third kappa shape index (κ3) is 6.36. The number of benzene rings is 1. The van der Waals surface area contributed by atoms with E-state index in [1.165, 1.54) is 0 Å². The predicted octanol–water partition coefficient (Wildman–Crippen LogP) is 5.00. The summed E-state index contributed by atoms with van der Waals surface area (Å²) in [6.07, 6.45) is 2.05. The van der Waals surface area contributed by atoms with E-state index in [-0.39, 0.29) is 12.0 Å². The van der Waals surface area contributed by atoms with Gasteiger partial charge in [0, 0.05) is 25.9 Å². The average molecular weight is 382 g/mol. The van der Waals surface area contributed by atoms with E-state index in [1.54, 1.807) is 0 Å². The maximum atomic E-state index is 13.6. The zero-order valence-electron chi connectivity index (χ0n) is 15.0. The van der Waals surface area contributed by atoms with Crippen LogP contribution in [0.1, 0.15) is 45.6 Å². The lowest BCUT2D eigenvalue weighted by Crippen LogP contribution is -2.45. The van der Waals surface area contributed by atoms with Crippen LogP contribution in [0.5, 0.6) is 0 Å². The van der Waals surface area contributed by atoms with E-state index in [2.05, 4.69) is 0 Å². The third-order valence-electron chi connectivity index (χ3n) is 3.70. The Hall–Kier alpha value is -0.963. The van der Waals surface area contributed by atoms with E-state index < -0.39 is 32.1 Å². The van der Waals surface area contributed by atoms with Crippen LogP contribution in [-0.2, 0) is 19.7 Å². The molecule has 0 aliphatic carbocycles. The molecule has 1 aromatic rings. The number of rotatable bonds is 12. The van der Waals surface area contributed by atoms with Gasteiger partial charge >= 0.3 is 8.80 Å². The summed E-state index contributed by atoms with van der Waals surface area (Å²) in [5, 5.41) is 0. The van der Waals surface area contributed by atoms with Crippen molar-refractivity contribution in [3.8, 4) is 0 Å². The Morgan fingerprint density at radius 2 is 1.32 bits per heavy atom. The first-order valence-electron chi connectivity index (χ1n) is 8.64. The van der Waals surface area contributed by atoms with Crippen molar-refractivity contribution in [1.29, 1.82) is 0 Å². The van der Waals surface area contributed by atoms with Crippen LogP contribution in [-0.4, -0.2) is 28.6 Å². The Bertz CT molecular complexity index is 526. The van der Waals surface area contributed by atoms with E-state index >= 15 is 0 Å². The molecule has 0 aliphatic heterocycles. The standard InChI is InChI=1S/C17H26F4O3Si/c1-4-22-25(23-5-2,24-6-3)11-9-7-8-10-13-12-14(18)16(20)17(21)15(13)19/h12H,4-11H2,1-3H3. The maximum Gasteiger partial charge on any atom is 0.500 e. The highest BCUT2D eigenvalue weighted by Crippen LogP contribution is 2.23. The molecule has 0 atom stereocenters. The summed E-state index contributed by atoms with van der Waals surface area (Å²) < 4.78 is 70.1. The molecular formula is C17H26F4O3Si. The van der Waals surface area contributed by atoms with E-state index in [1.807, 2.05) is 20.8 Å². The Kier molecular flexibility index (Phi) is 9.63. The lowest BCUT2D eigenvalue weighted by atomic mass is 10.1. The Morgan fingerprint density at radius 1 is 0.760 bits per heavy atom. The number of halogens is 4. The lowest BCUT2D eigenvalue weighted by molar-refractivity contribution is 0.0706. The molecular weight excluding hydrogens is 356 g/mol. The van der Waals surface area contributed by atoms with Crippen LogP contribution in [0.4, 0.5) is 17.6 Å². The van der Waals surface area contributed by atoms with Crippen molar-refractivity contribution in [2.45, 2.75) is 52.5 Å². The first kappa shape index (κ1) is 22.1. The first-order valence-corrected chi connectivity index (χ1v) is 10.6. The van der Waals surface area contributed by atoms with Gasteiger partial charge in [0.2, 0.25) is 0 Å². The van der Waals surface area contributed by atoms with E-state index in [0.29, 0.717) is 44.8 Å². The Morgan fingerprint density at radius 3 is 1.84 bits per heavy atom. The molecule has 0 bridgehead atoms. The molecule has 144 valence electrons. The molecule has 0 saturated carbocycles. The molecule has 0 amide bonds. The van der Waals surface area contributed by atoms with Gasteiger partial charge in [0.25, 0.3) is 0 Å². The normalized spacial score (nSPS) is 12.0. The van der Waals surface area contributed by atoms with Gasteiger partial charge in [-0.15, -0.1) is 0 Å². The summed E-state index contributed by atoms with van der Waals surface area (Å²) in [5.74, 6) is -6.22. The van der Waals surface area contributed by atoms with Gasteiger partial charge in [0.15, 0.2) is 23.3 Å². The van der Waals surface area contributed by atoms with Crippen LogP contribution in [0.25, 0.3) is 0 Å². The van der Waals surface area contributed by atoms with Gasteiger partial charge in [-0.3, -0.25) is 0 Å². The molecule has 0 unspecified atom stereocenters.